The number of aromatic amines is 1. The molecule has 2 aromatic rings. The van der Waals surface area contributed by atoms with Gasteiger partial charge < -0.3 is 10.6 Å². The van der Waals surface area contributed by atoms with Gasteiger partial charge in [-0.25, -0.2) is 4.98 Å². The molecule has 24 heavy (non-hydrogen) atoms. The Morgan fingerprint density at radius 1 is 1.17 bits per heavy atom. The van der Waals surface area contributed by atoms with E-state index in [4.69, 9.17) is 0 Å². The fourth-order valence-electron chi connectivity index (χ4n) is 1.84. The molecule has 0 aliphatic rings. The Morgan fingerprint density at radius 2 is 1.92 bits per heavy atom. The maximum Gasteiger partial charge on any atom is 0.251 e. The Bertz CT molecular complexity index is 566. The Kier molecular flexibility index (Phi) is 12.4. The van der Waals surface area contributed by atoms with Crippen molar-refractivity contribution in [2.24, 2.45) is 0 Å². The van der Waals surface area contributed by atoms with E-state index in [1.807, 2.05) is 24.3 Å². The number of hydrogen-bond acceptors (Lipinski definition) is 5. The molecule has 0 saturated heterocycles. The van der Waals surface area contributed by atoms with E-state index in [0.29, 0.717) is 12.1 Å². The van der Waals surface area contributed by atoms with Crippen molar-refractivity contribution in [1.29, 1.82) is 0 Å². The highest BCUT2D eigenvalue weighted by molar-refractivity contribution is 7.98. The minimum absolute atomic E-state index is 0. The van der Waals surface area contributed by atoms with Crippen molar-refractivity contribution in [2.45, 2.75) is 24.3 Å². The molecule has 0 bridgehead atoms. The summed E-state index contributed by atoms with van der Waals surface area (Å²) in [6.45, 7) is 4.54. The number of benzene rings is 1. The van der Waals surface area contributed by atoms with Crippen LogP contribution in [0.1, 0.15) is 29.3 Å². The predicted molar refractivity (Wildman–Crippen MR) is 102 cm³/mol. The zero-order chi connectivity index (χ0) is 15.6. The van der Waals surface area contributed by atoms with Crippen molar-refractivity contribution < 1.29 is 4.79 Å². The summed E-state index contributed by atoms with van der Waals surface area (Å²) in [5.74, 6) is 0.755. The van der Waals surface area contributed by atoms with Crippen LogP contribution in [0.4, 0.5) is 0 Å². The lowest BCUT2D eigenvalue weighted by atomic mass is 10.1. The van der Waals surface area contributed by atoms with Crippen LogP contribution >= 0.6 is 36.6 Å². The van der Waals surface area contributed by atoms with Gasteiger partial charge in [0.1, 0.15) is 6.33 Å². The largest absolute Gasteiger partial charge is 0.351 e. The van der Waals surface area contributed by atoms with E-state index in [9.17, 15) is 4.79 Å². The van der Waals surface area contributed by atoms with Gasteiger partial charge in [0.15, 0.2) is 5.16 Å². The number of hydrogen-bond donors (Lipinski definition) is 3. The second kappa shape index (κ2) is 13.1. The summed E-state index contributed by atoms with van der Waals surface area (Å²) in [4.78, 5) is 16.0. The maximum atomic E-state index is 12.0. The smallest absolute Gasteiger partial charge is 0.251 e. The number of carbonyl (C=O) groups is 1. The third kappa shape index (κ3) is 8.01. The molecule has 1 amide bonds. The molecule has 134 valence electrons. The average Bonchev–Trinajstić information content (AvgIpc) is 3.06. The van der Waals surface area contributed by atoms with Gasteiger partial charge in [0.05, 0.1) is 0 Å². The van der Waals surface area contributed by atoms with E-state index in [2.05, 4.69) is 32.7 Å². The third-order valence-corrected chi connectivity index (χ3v) is 3.95. The summed E-state index contributed by atoms with van der Waals surface area (Å²) >= 11 is 1.58. The summed E-state index contributed by atoms with van der Waals surface area (Å²) in [6, 6.07) is 7.64. The molecule has 0 spiro atoms. The van der Waals surface area contributed by atoms with E-state index in [1.54, 1.807) is 11.8 Å². The van der Waals surface area contributed by atoms with Crippen LogP contribution in [0.5, 0.6) is 0 Å². The van der Waals surface area contributed by atoms with Gasteiger partial charge in [-0.1, -0.05) is 30.8 Å². The predicted octanol–water partition coefficient (Wildman–Crippen LogP) is 2.67. The van der Waals surface area contributed by atoms with E-state index in [-0.39, 0.29) is 30.7 Å². The van der Waals surface area contributed by atoms with Crippen LogP contribution in [0.25, 0.3) is 0 Å². The number of aromatic nitrogens is 3. The first kappa shape index (κ1) is 22.7. The molecular weight excluding hydrogens is 369 g/mol. The van der Waals surface area contributed by atoms with Gasteiger partial charge >= 0.3 is 0 Å². The lowest BCUT2D eigenvalue weighted by Crippen LogP contribution is -2.32. The normalized spacial score (nSPS) is 9.71. The molecule has 6 nitrogen and oxygen atoms in total. The van der Waals surface area contributed by atoms with E-state index in [1.165, 1.54) is 6.33 Å². The van der Waals surface area contributed by atoms with Gasteiger partial charge in [-0.15, -0.1) is 24.8 Å². The Balaban J connectivity index is 0.00000264. The fourth-order valence-corrected chi connectivity index (χ4v) is 2.57. The zero-order valence-electron chi connectivity index (χ0n) is 13.4. The fraction of sp³-hybridized carbons (Fsp3) is 0.400. The number of rotatable bonds is 9. The lowest BCUT2D eigenvalue weighted by Gasteiger charge is -2.07. The van der Waals surface area contributed by atoms with Gasteiger partial charge in [-0.05, 0) is 30.7 Å². The molecule has 0 fully saturated rings. The SMILES string of the molecule is CCCNCCNC(=O)c1ccc(CSc2ncn[nH]2)cc1.Cl.Cl. The van der Waals surface area contributed by atoms with Crippen LogP contribution in [0.3, 0.4) is 0 Å². The molecule has 1 aromatic carbocycles. The maximum absolute atomic E-state index is 12.0. The Hall–Kier alpha value is -1.28. The van der Waals surface area contributed by atoms with Crippen LogP contribution in [-0.2, 0) is 5.75 Å². The molecule has 0 saturated carbocycles. The summed E-state index contributed by atoms with van der Waals surface area (Å²) < 4.78 is 0. The molecule has 0 atom stereocenters. The number of amides is 1. The second-order valence-electron chi connectivity index (χ2n) is 4.78. The molecular formula is C15H23Cl2N5OS. The van der Waals surface area contributed by atoms with Gasteiger partial charge in [0.2, 0.25) is 0 Å². The molecule has 1 aromatic heterocycles. The third-order valence-electron chi connectivity index (χ3n) is 3.00. The van der Waals surface area contributed by atoms with Crippen molar-refractivity contribution in [3.8, 4) is 0 Å². The summed E-state index contributed by atoms with van der Waals surface area (Å²) in [5, 5.41) is 13.6. The molecule has 0 aliphatic heterocycles. The van der Waals surface area contributed by atoms with E-state index in [0.717, 1.165) is 36.0 Å². The second-order valence-corrected chi connectivity index (χ2v) is 5.75. The first-order chi connectivity index (χ1) is 10.8. The molecule has 9 heteroatoms. The molecule has 0 radical (unpaired) electrons. The minimum Gasteiger partial charge on any atom is -0.351 e. The highest BCUT2D eigenvalue weighted by atomic mass is 35.5. The standard InChI is InChI=1S/C15H21N5OS.2ClH/c1-2-7-16-8-9-17-14(21)13-5-3-12(4-6-13)10-22-15-18-11-19-20-15;;/h3-6,11,16H,2,7-10H2,1H3,(H,17,21)(H,18,19,20);2*1H. The van der Waals surface area contributed by atoms with Crippen LogP contribution in [0.2, 0.25) is 0 Å². The monoisotopic (exact) mass is 391 g/mol. The van der Waals surface area contributed by atoms with Crippen LogP contribution in [0, 0.1) is 0 Å². The van der Waals surface area contributed by atoms with Crippen molar-refractivity contribution in [2.75, 3.05) is 19.6 Å². The van der Waals surface area contributed by atoms with Gasteiger partial charge in [-0.3, -0.25) is 9.89 Å². The van der Waals surface area contributed by atoms with E-state index >= 15 is 0 Å². The molecule has 1 heterocycles. The van der Waals surface area contributed by atoms with Crippen LogP contribution in [-0.4, -0.2) is 40.7 Å². The minimum atomic E-state index is -0.0345. The number of nitrogens with one attached hydrogen (secondary N) is 3. The van der Waals surface area contributed by atoms with E-state index < -0.39 is 0 Å². The topological polar surface area (TPSA) is 82.7 Å². The highest BCUT2D eigenvalue weighted by Gasteiger charge is 2.05. The molecule has 2 rings (SSSR count). The summed E-state index contributed by atoms with van der Waals surface area (Å²) in [5.41, 5.74) is 1.83. The van der Waals surface area contributed by atoms with Gasteiger partial charge in [0, 0.05) is 24.4 Å². The number of thioether (sulfide) groups is 1. The first-order valence-corrected chi connectivity index (χ1v) is 8.34. The summed E-state index contributed by atoms with van der Waals surface area (Å²) in [7, 11) is 0. The van der Waals surface area contributed by atoms with Gasteiger partial charge in [-0.2, -0.15) is 5.10 Å². The number of carbonyl (C=O) groups excluding carboxylic acids is 1. The van der Waals surface area contributed by atoms with Crippen molar-refractivity contribution in [3.05, 3.63) is 41.7 Å². The van der Waals surface area contributed by atoms with Gasteiger partial charge in [0.25, 0.3) is 5.91 Å². The molecule has 3 N–H and O–H groups in total. The lowest BCUT2D eigenvalue weighted by molar-refractivity contribution is 0.0954. The quantitative estimate of drug-likeness (QED) is 0.452. The van der Waals surface area contributed by atoms with Crippen molar-refractivity contribution in [1.82, 2.24) is 25.8 Å². The zero-order valence-corrected chi connectivity index (χ0v) is 15.9. The van der Waals surface area contributed by atoms with Crippen LogP contribution in [0.15, 0.2) is 35.7 Å². The Labute approximate surface area is 158 Å². The molecule has 0 aliphatic carbocycles. The molecule has 0 unspecified atom stereocenters. The van der Waals surface area contributed by atoms with Crippen molar-refractivity contribution in [3.63, 3.8) is 0 Å². The Morgan fingerprint density at radius 3 is 2.54 bits per heavy atom. The first-order valence-electron chi connectivity index (χ1n) is 7.35. The average molecular weight is 392 g/mol. The highest BCUT2D eigenvalue weighted by Crippen LogP contribution is 2.18. The van der Waals surface area contributed by atoms with Crippen molar-refractivity contribution >= 4 is 42.5 Å². The number of halogens is 2. The number of H-pyrrole nitrogens is 1. The number of nitrogens with zero attached hydrogens (tertiary/aromatic N) is 2. The summed E-state index contributed by atoms with van der Waals surface area (Å²) in [6.07, 6.45) is 2.59. The van der Waals surface area contributed by atoms with Crippen LogP contribution < -0.4 is 10.6 Å².